The molecule has 2 aromatic carbocycles. The maximum Gasteiger partial charge on any atom is 0.259 e. The third kappa shape index (κ3) is 3.29. The van der Waals surface area contributed by atoms with Crippen molar-refractivity contribution in [1.29, 1.82) is 0 Å². The van der Waals surface area contributed by atoms with Gasteiger partial charge in [0.05, 0.1) is 26.9 Å². The molecule has 8 nitrogen and oxygen atoms in total. The SMILES string of the molecule is COc1cc(-c2nc(-c3cc4cc(C)ccc4[nH]c3=O)no2)cc(OC)c1OC. The van der Waals surface area contributed by atoms with Crippen molar-refractivity contribution in [2.75, 3.05) is 21.3 Å². The second-order valence-corrected chi connectivity index (χ2v) is 6.44. The number of methoxy groups -OCH3 is 3. The number of pyridine rings is 1. The number of nitrogens with one attached hydrogen (secondary N) is 1. The Hall–Kier alpha value is -3.81. The zero-order valence-corrected chi connectivity index (χ0v) is 16.4. The average molecular weight is 393 g/mol. The quantitative estimate of drug-likeness (QED) is 0.553. The minimum Gasteiger partial charge on any atom is -0.493 e. The molecule has 2 heterocycles. The van der Waals surface area contributed by atoms with Crippen molar-refractivity contribution in [2.24, 2.45) is 0 Å². The summed E-state index contributed by atoms with van der Waals surface area (Å²) < 4.78 is 21.5. The molecule has 0 aliphatic rings. The standard InChI is InChI=1S/C21H19N3O5/c1-11-5-6-15-12(7-11)8-14(20(25)22-15)19-23-21(29-24-19)13-9-16(26-2)18(28-4)17(10-13)27-3/h5-10H,1-4H3,(H,22,25). The van der Waals surface area contributed by atoms with E-state index < -0.39 is 0 Å². The molecule has 148 valence electrons. The molecule has 0 radical (unpaired) electrons. The number of rotatable bonds is 5. The Morgan fingerprint density at radius 2 is 1.69 bits per heavy atom. The molecule has 0 bridgehead atoms. The summed E-state index contributed by atoms with van der Waals surface area (Å²) in [5.74, 6) is 1.79. The molecule has 0 amide bonds. The smallest absolute Gasteiger partial charge is 0.259 e. The lowest BCUT2D eigenvalue weighted by Crippen LogP contribution is -2.09. The minimum atomic E-state index is -0.293. The van der Waals surface area contributed by atoms with Gasteiger partial charge in [-0.2, -0.15) is 4.98 Å². The largest absolute Gasteiger partial charge is 0.493 e. The number of aromatic amines is 1. The second kappa shape index (κ2) is 7.31. The van der Waals surface area contributed by atoms with E-state index in [1.807, 2.05) is 25.1 Å². The second-order valence-electron chi connectivity index (χ2n) is 6.44. The fraction of sp³-hybridized carbons (Fsp3) is 0.190. The van der Waals surface area contributed by atoms with Crippen LogP contribution in [-0.2, 0) is 0 Å². The highest BCUT2D eigenvalue weighted by atomic mass is 16.5. The van der Waals surface area contributed by atoms with E-state index in [0.717, 1.165) is 16.5 Å². The fourth-order valence-electron chi connectivity index (χ4n) is 3.15. The monoisotopic (exact) mass is 393 g/mol. The number of H-pyrrole nitrogens is 1. The molecule has 29 heavy (non-hydrogen) atoms. The van der Waals surface area contributed by atoms with Gasteiger partial charge in [-0.05, 0) is 42.6 Å². The van der Waals surface area contributed by atoms with Gasteiger partial charge < -0.3 is 23.7 Å². The highest BCUT2D eigenvalue weighted by Gasteiger charge is 2.19. The first-order valence-electron chi connectivity index (χ1n) is 8.82. The lowest BCUT2D eigenvalue weighted by molar-refractivity contribution is 0.324. The Kier molecular flexibility index (Phi) is 4.67. The third-order valence-corrected chi connectivity index (χ3v) is 4.58. The van der Waals surface area contributed by atoms with E-state index >= 15 is 0 Å². The number of benzene rings is 2. The van der Waals surface area contributed by atoms with E-state index in [1.165, 1.54) is 21.3 Å². The van der Waals surface area contributed by atoms with Gasteiger partial charge >= 0.3 is 0 Å². The molecule has 0 atom stereocenters. The van der Waals surface area contributed by atoms with Crippen LogP contribution in [0, 0.1) is 6.92 Å². The summed E-state index contributed by atoms with van der Waals surface area (Å²) in [5.41, 5.74) is 2.44. The topological polar surface area (TPSA) is 99.5 Å². The number of fused-ring (bicyclic) bond motifs is 1. The molecule has 0 saturated heterocycles. The zero-order valence-electron chi connectivity index (χ0n) is 16.4. The van der Waals surface area contributed by atoms with Crippen molar-refractivity contribution < 1.29 is 18.7 Å². The molecule has 4 aromatic rings. The normalized spacial score (nSPS) is 10.9. The Bertz CT molecular complexity index is 1230. The molecule has 0 fully saturated rings. The van der Waals surface area contributed by atoms with Gasteiger partial charge in [0.25, 0.3) is 11.4 Å². The van der Waals surface area contributed by atoms with Gasteiger partial charge in [0.15, 0.2) is 11.5 Å². The summed E-state index contributed by atoms with van der Waals surface area (Å²) in [6, 6.07) is 10.9. The van der Waals surface area contributed by atoms with Crippen LogP contribution in [-0.4, -0.2) is 36.5 Å². The van der Waals surface area contributed by atoms with Crippen molar-refractivity contribution >= 4 is 10.9 Å². The fourth-order valence-corrected chi connectivity index (χ4v) is 3.15. The summed E-state index contributed by atoms with van der Waals surface area (Å²) in [6.07, 6.45) is 0. The highest BCUT2D eigenvalue weighted by molar-refractivity contribution is 5.83. The third-order valence-electron chi connectivity index (χ3n) is 4.58. The Morgan fingerprint density at radius 3 is 2.34 bits per heavy atom. The maximum absolute atomic E-state index is 12.5. The molecule has 1 N–H and O–H groups in total. The van der Waals surface area contributed by atoms with Gasteiger partial charge in [0, 0.05) is 11.1 Å². The molecular weight excluding hydrogens is 374 g/mol. The number of aryl methyl sites for hydroxylation is 1. The number of aromatic nitrogens is 3. The molecule has 8 heteroatoms. The highest BCUT2D eigenvalue weighted by Crippen LogP contribution is 2.41. The van der Waals surface area contributed by atoms with Crippen LogP contribution < -0.4 is 19.8 Å². The summed E-state index contributed by atoms with van der Waals surface area (Å²) in [4.78, 5) is 19.8. The van der Waals surface area contributed by atoms with Crippen molar-refractivity contribution in [1.82, 2.24) is 15.1 Å². The lowest BCUT2D eigenvalue weighted by Gasteiger charge is -2.12. The van der Waals surface area contributed by atoms with Crippen molar-refractivity contribution in [3.05, 3.63) is 52.3 Å². The summed E-state index contributed by atoms with van der Waals surface area (Å²) in [5, 5.41) is 4.88. The van der Waals surface area contributed by atoms with Crippen LogP contribution in [0.2, 0.25) is 0 Å². The van der Waals surface area contributed by atoms with Gasteiger partial charge in [0.1, 0.15) is 0 Å². The van der Waals surface area contributed by atoms with E-state index in [4.69, 9.17) is 18.7 Å². The Morgan fingerprint density at radius 1 is 0.966 bits per heavy atom. The van der Waals surface area contributed by atoms with Crippen LogP contribution in [0.3, 0.4) is 0 Å². The molecule has 0 saturated carbocycles. The van der Waals surface area contributed by atoms with Crippen molar-refractivity contribution in [3.8, 4) is 40.1 Å². The number of hydrogen-bond donors (Lipinski definition) is 1. The zero-order chi connectivity index (χ0) is 20.5. The molecule has 0 unspecified atom stereocenters. The average Bonchev–Trinajstić information content (AvgIpc) is 3.22. The van der Waals surface area contributed by atoms with Gasteiger partial charge in [-0.15, -0.1) is 0 Å². The van der Waals surface area contributed by atoms with Gasteiger partial charge in [-0.1, -0.05) is 16.8 Å². The molecule has 0 aliphatic carbocycles. The molecule has 2 aromatic heterocycles. The van der Waals surface area contributed by atoms with E-state index in [0.29, 0.717) is 28.4 Å². The summed E-state index contributed by atoms with van der Waals surface area (Å²) in [7, 11) is 4.58. The number of nitrogens with zero attached hydrogens (tertiary/aromatic N) is 2. The molecular formula is C21H19N3O5. The molecule has 0 spiro atoms. The maximum atomic E-state index is 12.5. The summed E-state index contributed by atoms with van der Waals surface area (Å²) in [6.45, 7) is 1.99. The van der Waals surface area contributed by atoms with Crippen molar-refractivity contribution in [2.45, 2.75) is 6.92 Å². The molecule has 0 aliphatic heterocycles. The van der Waals surface area contributed by atoms with Crippen LogP contribution in [0.25, 0.3) is 33.7 Å². The van der Waals surface area contributed by atoms with E-state index in [1.54, 1.807) is 18.2 Å². The minimum absolute atomic E-state index is 0.193. The van der Waals surface area contributed by atoms with Crippen LogP contribution in [0.4, 0.5) is 0 Å². The van der Waals surface area contributed by atoms with Crippen LogP contribution >= 0.6 is 0 Å². The van der Waals surface area contributed by atoms with Gasteiger partial charge in [0.2, 0.25) is 11.6 Å². The van der Waals surface area contributed by atoms with E-state index in [9.17, 15) is 4.79 Å². The van der Waals surface area contributed by atoms with Gasteiger partial charge in [-0.25, -0.2) is 0 Å². The van der Waals surface area contributed by atoms with Gasteiger partial charge in [-0.3, -0.25) is 4.79 Å². The number of ether oxygens (including phenoxy) is 3. The summed E-state index contributed by atoms with van der Waals surface area (Å²) >= 11 is 0. The van der Waals surface area contributed by atoms with Crippen LogP contribution in [0.5, 0.6) is 17.2 Å². The van der Waals surface area contributed by atoms with Crippen molar-refractivity contribution in [3.63, 3.8) is 0 Å². The molecule has 4 rings (SSSR count). The van der Waals surface area contributed by atoms with E-state index in [2.05, 4.69) is 15.1 Å². The van der Waals surface area contributed by atoms with E-state index in [-0.39, 0.29) is 17.3 Å². The Balaban J connectivity index is 1.81. The first-order valence-corrected chi connectivity index (χ1v) is 8.82. The number of hydrogen-bond acceptors (Lipinski definition) is 7. The first-order chi connectivity index (χ1) is 14.0. The predicted molar refractivity (Wildman–Crippen MR) is 108 cm³/mol. The van der Waals surface area contributed by atoms with Crippen LogP contribution in [0.1, 0.15) is 5.56 Å². The first kappa shape index (κ1) is 18.5. The lowest BCUT2D eigenvalue weighted by atomic mass is 10.1. The Labute approximate surface area is 166 Å². The predicted octanol–water partition coefficient (Wildman–Crippen LogP) is 3.58. The van der Waals surface area contributed by atoms with Crippen LogP contribution in [0.15, 0.2) is 45.7 Å².